The lowest BCUT2D eigenvalue weighted by molar-refractivity contribution is -0.161. The predicted octanol–water partition coefficient (Wildman–Crippen LogP) is 1.61. The van der Waals surface area contributed by atoms with Crippen LogP contribution in [0.25, 0.3) is 11.2 Å². The van der Waals surface area contributed by atoms with Crippen molar-refractivity contribution in [2.75, 3.05) is 0 Å². The molecule has 1 unspecified atom stereocenters. The molecule has 4 atom stereocenters. The average molecular weight is 631 g/mol. The number of aryl methyl sites for hydroxylation is 1. The summed E-state index contributed by atoms with van der Waals surface area (Å²) in [6.45, 7) is 5.16. The van der Waals surface area contributed by atoms with E-state index < -0.39 is 63.5 Å². The second-order valence-corrected chi connectivity index (χ2v) is 12.5. The summed E-state index contributed by atoms with van der Waals surface area (Å²) in [7, 11) is 0. The third kappa shape index (κ3) is 4.68. The van der Waals surface area contributed by atoms with Gasteiger partial charge in [-0.3, -0.25) is 14.4 Å². The Hall–Kier alpha value is -3.98. The van der Waals surface area contributed by atoms with E-state index in [1.807, 2.05) is 0 Å². The summed E-state index contributed by atoms with van der Waals surface area (Å²) >= 11 is 4.60. The Morgan fingerprint density at radius 1 is 1.12 bits per heavy atom. The molecule has 0 spiro atoms. The summed E-state index contributed by atoms with van der Waals surface area (Å²) in [5, 5.41) is 34.3. The number of pyridine rings is 1. The number of phenolic OH excluding ortho intramolecular Hbond substituents is 1. The van der Waals surface area contributed by atoms with Crippen molar-refractivity contribution in [2.45, 2.75) is 49.0 Å². The molecule has 40 heavy (non-hydrogen) atoms. The van der Waals surface area contributed by atoms with Crippen molar-refractivity contribution in [1.29, 1.82) is 0 Å². The van der Waals surface area contributed by atoms with Gasteiger partial charge in [0.1, 0.15) is 34.8 Å². The number of amides is 3. The summed E-state index contributed by atoms with van der Waals surface area (Å²) in [6.07, 6.45) is 0. The van der Waals surface area contributed by atoms with E-state index in [1.54, 1.807) is 26.8 Å². The lowest BCUT2D eigenvalue weighted by Crippen LogP contribution is -2.71. The molecule has 0 radical (unpaired) electrons. The minimum Gasteiger partial charge on any atom is -0.508 e. The van der Waals surface area contributed by atoms with Crippen molar-refractivity contribution in [3.63, 3.8) is 0 Å². The van der Waals surface area contributed by atoms with E-state index in [1.165, 1.54) is 40.9 Å². The van der Waals surface area contributed by atoms with Gasteiger partial charge in [-0.1, -0.05) is 12.1 Å². The molecule has 5 rings (SSSR count). The molecular formula is C25H23BrN6O7S. The van der Waals surface area contributed by atoms with Crippen LogP contribution < -0.4 is 10.6 Å². The van der Waals surface area contributed by atoms with Gasteiger partial charge in [0.05, 0.1) is 5.69 Å². The van der Waals surface area contributed by atoms with Crippen molar-refractivity contribution in [3.8, 4) is 11.6 Å². The zero-order valence-electron chi connectivity index (χ0n) is 21.2. The third-order valence-corrected chi connectivity index (χ3v) is 9.09. The van der Waals surface area contributed by atoms with Gasteiger partial charge in [0.15, 0.2) is 11.3 Å². The van der Waals surface area contributed by atoms with Crippen LogP contribution in [0, 0.1) is 6.92 Å². The van der Waals surface area contributed by atoms with Crippen LogP contribution in [0.2, 0.25) is 0 Å². The fourth-order valence-corrected chi connectivity index (χ4v) is 6.68. The number of β-lactam (4-membered cyclic amide) rings is 1. The summed E-state index contributed by atoms with van der Waals surface area (Å²) < 4.78 is -0.171. The SMILES string of the molecule is Cc1nc2nc(O)c(C(=O)NC(C(=O)N[C@@H]3C(=O)N4[C@@H]3SC(C)(C)[C@@H]4C(=O)O)c3ccc(O)cc3)nc2cc1Br. The fraction of sp³-hybridized carbons (Fsp3) is 0.320. The fourth-order valence-electron chi connectivity index (χ4n) is 4.75. The number of aliphatic carboxylic acids is 1. The molecular weight excluding hydrogens is 608 g/mol. The monoisotopic (exact) mass is 630 g/mol. The zero-order valence-corrected chi connectivity index (χ0v) is 23.6. The van der Waals surface area contributed by atoms with Crippen LogP contribution in [0.5, 0.6) is 11.6 Å². The maximum atomic E-state index is 13.5. The molecule has 2 fully saturated rings. The van der Waals surface area contributed by atoms with E-state index in [9.17, 15) is 34.5 Å². The highest BCUT2D eigenvalue weighted by molar-refractivity contribution is 9.10. The quantitative estimate of drug-likeness (QED) is 0.248. The summed E-state index contributed by atoms with van der Waals surface area (Å²) in [6, 6.07) is 3.62. The summed E-state index contributed by atoms with van der Waals surface area (Å²) in [5.74, 6) is -4.15. The van der Waals surface area contributed by atoms with Crippen molar-refractivity contribution in [3.05, 3.63) is 51.8 Å². The van der Waals surface area contributed by atoms with E-state index in [0.29, 0.717) is 10.2 Å². The lowest BCUT2D eigenvalue weighted by atomic mass is 9.95. The number of fused-ring (bicyclic) bond motifs is 2. The Morgan fingerprint density at radius 2 is 1.80 bits per heavy atom. The second kappa shape index (κ2) is 9.89. The number of nitrogens with zero attached hydrogens (tertiary/aromatic N) is 4. The molecule has 3 aromatic rings. The Bertz CT molecular complexity index is 1580. The number of carboxylic acids is 1. The summed E-state index contributed by atoms with van der Waals surface area (Å²) in [5.41, 5.74) is 0.755. The number of aromatic nitrogens is 3. The Labute approximate surface area is 239 Å². The van der Waals surface area contributed by atoms with Crippen LogP contribution >= 0.6 is 27.7 Å². The van der Waals surface area contributed by atoms with Gasteiger partial charge in [0.25, 0.3) is 5.91 Å². The third-order valence-electron chi connectivity index (χ3n) is 6.72. The minimum absolute atomic E-state index is 0.0743. The number of hydrogen-bond acceptors (Lipinski definition) is 10. The number of aromatic hydroxyl groups is 2. The molecule has 0 aliphatic carbocycles. The van der Waals surface area contributed by atoms with Crippen LogP contribution in [-0.2, 0) is 14.4 Å². The van der Waals surface area contributed by atoms with Gasteiger partial charge in [-0.2, -0.15) is 4.98 Å². The highest BCUT2D eigenvalue weighted by atomic mass is 79.9. The first-order valence-corrected chi connectivity index (χ1v) is 13.6. The molecule has 2 aliphatic heterocycles. The van der Waals surface area contributed by atoms with Crippen molar-refractivity contribution in [2.24, 2.45) is 0 Å². The molecule has 13 nitrogen and oxygen atoms in total. The number of carboxylic acid groups (broad SMARTS) is 1. The van der Waals surface area contributed by atoms with Crippen LogP contribution in [0.15, 0.2) is 34.8 Å². The summed E-state index contributed by atoms with van der Waals surface area (Å²) in [4.78, 5) is 65.0. The minimum atomic E-state index is -1.37. The first-order valence-electron chi connectivity index (χ1n) is 12.0. The number of phenols is 1. The number of hydrogen-bond donors (Lipinski definition) is 5. The first-order chi connectivity index (χ1) is 18.8. The van der Waals surface area contributed by atoms with Gasteiger partial charge in [-0.15, -0.1) is 11.8 Å². The molecule has 2 aromatic heterocycles. The molecule has 4 heterocycles. The standard InChI is InChI=1S/C25H23BrN6O7S/c1-9-12(26)8-13-18(27-9)31-21(36)15(28-13)20(35)29-14(10-4-6-11(33)7-5-10)19(34)30-16-22(37)32-17(24(38)39)25(2,3)40-23(16)32/h4-8,14,16-17,23,33H,1-3H3,(H,29,35)(H,30,34)(H,38,39)(H,27,31,36)/t14?,16-,17+,23-/m1/s1. The smallest absolute Gasteiger partial charge is 0.327 e. The molecule has 0 saturated carbocycles. The predicted molar refractivity (Wildman–Crippen MR) is 145 cm³/mol. The highest BCUT2D eigenvalue weighted by Gasteiger charge is 2.64. The molecule has 3 amide bonds. The van der Waals surface area contributed by atoms with Crippen molar-refractivity contribution in [1.82, 2.24) is 30.5 Å². The van der Waals surface area contributed by atoms with Crippen LogP contribution in [0.3, 0.4) is 0 Å². The van der Waals surface area contributed by atoms with E-state index in [-0.39, 0.29) is 22.5 Å². The molecule has 0 bridgehead atoms. The van der Waals surface area contributed by atoms with E-state index >= 15 is 0 Å². The maximum Gasteiger partial charge on any atom is 0.327 e. The number of benzene rings is 1. The normalized spacial score (nSPS) is 21.9. The number of thioether (sulfide) groups is 1. The lowest BCUT2D eigenvalue weighted by Gasteiger charge is -2.44. The molecule has 2 aliphatic rings. The molecule has 208 valence electrons. The van der Waals surface area contributed by atoms with Crippen LogP contribution in [0.4, 0.5) is 0 Å². The maximum absolute atomic E-state index is 13.5. The van der Waals surface area contributed by atoms with Gasteiger partial charge in [0, 0.05) is 9.22 Å². The molecule has 15 heteroatoms. The molecule has 1 aromatic carbocycles. The number of rotatable bonds is 6. The van der Waals surface area contributed by atoms with E-state index in [4.69, 9.17) is 0 Å². The highest BCUT2D eigenvalue weighted by Crippen LogP contribution is 2.50. The van der Waals surface area contributed by atoms with Crippen molar-refractivity contribution < 1.29 is 34.5 Å². The van der Waals surface area contributed by atoms with Gasteiger partial charge in [0.2, 0.25) is 17.7 Å². The average Bonchev–Trinajstić information content (AvgIpc) is 3.14. The van der Waals surface area contributed by atoms with E-state index in [0.717, 1.165) is 0 Å². The van der Waals surface area contributed by atoms with Crippen LogP contribution in [0.1, 0.15) is 41.6 Å². The Morgan fingerprint density at radius 3 is 2.45 bits per heavy atom. The molecule has 5 N–H and O–H groups in total. The first kappa shape index (κ1) is 27.6. The van der Waals surface area contributed by atoms with Crippen LogP contribution in [-0.4, -0.2) is 81.1 Å². The van der Waals surface area contributed by atoms with Gasteiger partial charge in [-0.25, -0.2) is 14.8 Å². The Balaban J connectivity index is 1.42. The second-order valence-electron chi connectivity index (χ2n) is 9.88. The number of nitrogens with one attached hydrogen (secondary N) is 2. The number of carbonyl (C=O) groups excluding carboxylic acids is 3. The topological polar surface area (TPSA) is 195 Å². The Kier molecular flexibility index (Phi) is 6.82. The van der Waals surface area contributed by atoms with Gasteiger partial charge in [-0.05, 0) is 60.5 Å². The van der Waals surface area contributed by atoms with Gasteiger partial charge >= 0.3 is 5.97 Å². The van der Waals surface area contributed by atoms with Gasteiger partial charge < -0.3 is 30.9 Å². The van der Waals surface area contributed by atoms with E-state index in [2.05, 4.69) is 41.5 Å². The number of carbonyl (C=O) groups is 4. The zero-order chi connectivity index (χ0) is 29.1. The largest absolute Gasteiger partial charge is 0.508 e. The van der Waals surface area contributed by atoms with Crippen molar-refractivity contribution >= 4 is 62.5 Å². The number of halogens is 1. The molecule has 2 saturated heterocycles.